The molecule has 56 heavy (non-hydrogen) atoms. The normalized spacial score (nSPS) is 11.6. The second-order valence-corrected chi connectivity index (χ2v) is 14.4. The molecule has 0 aliphatic carbocycles. The van der Waals surface area contributed by atoms with Crippen LogP contribution >= 0.6 is 0 Å². The fourth-order valence-electron chi connectivity index (χ4n) is 8.87. The first kappa shape index (κ1) is 32.0. The number of fused-ring (bicyclic) bond motifs is 3. The van der Waals surface area contributed by atoms with Crippen LogP contribution in [-0.2, 0) is 0 Å². The highest BCUT2D eigenvalue weighted by atomic mass is 16.1. The Hall–Kier alpha value is -7.49. The molecule has 3 nitrogen and oxygen atoms in total. The zero-order valence-corrected chi connectivity index (χ0v) is 30.4. The lowest BCUT2D eigenvalue weighted by Crippen LogP contribution is -2.14. The first-order valence-corrected chi connectivity index (χ1v) is 19.1. The summed E-state index contributed by atoms with van der Waals surface area (Å²) in [5.41, 5.74) is 14.1. The fourth-order valence-corrected chi connectivity index (χ4v) is 8.87. The average molecular weight is 715 g/mol. The van der Waals surface area contributed by atoms with Crippen LogP contribution in [0.15, 0.2) is 211 Å². The first-order chi connectivity index (χ1) is 27.7. The summed E-state index contributed by atoms with van der Waals surface area (Å²) in [7, 11) is 0. The zero-order valence-electron chi connectivity index (χ0n) is 30.4. The van der Waals surface area contributed by atoms with E-state index in [0.29, 0.717) is 5.39 Å². The Morgan fingerprint density at radius 1 is 0.321 bits per heavy atom. The van der Waals surface area contributed by atoms with Crippen molar-refractivity contribution < 1.29 is 0 Å². The summed E-state index contributed by atoms with van der Waals surface area (Å²) < 4.78 is 4.38. The lowest BCUT2D eigenvalue weighted by atomic mass is 9.93. The number of aromatic nitrogens is 2. The van der Waals surface area contributed by atoms with Crippen molar-refractivity contribution in [1.29, 1.82) is 0 Å². The molecule has 11 rings (SSSR count). The largest absolute Gasteiger partial charge is 0.309 e. The predicted octanol–water partition coefficient (Wildman–Crippen LogP) is 13.3. The topological polar surface area (TPSA) is 26.4 Å². The molecule has 0 amide bonds. The van der Waals surface area contributed by atoms with Crippen LogP contribution < -0.4 is 5.56 Å². The first-order valence-electron chi connectivity index (χ1n) is 19.1. The van der Waals surface area contributed by atoms with Gasteiger partial charge < -0.3 is 4.57 Å². The van der Waals surface area contributed by atoms with Crippen molar-refractivity contribution in [2.24, 2.45) is 0 Å². The molecule has 0 spiro atoms. The van der Waals surface area contributed by atoms with Crippen LogP contribution in [-0.4, -0.2) is 8.97 Å². The third kappa shape index (κ3) is 4.88. The summed E-state index contributed by atoms with van der Waals surface area (Å²) in [6.45, 7) is 0. The zero-order chi connectivity index (χ0) is 37.2. The maximum Gasteiger partial charge on any atom is 0.263 e. The maximum atomic E-state index is 14.6. The summed E-state index contributed by atoms with van der Waals surface area (Å²) >= 11 is 0. The molecule has 0 radical (unpaired) electrons. The Labute approximate surface area is 324 Å². The molecule has 0 N–H and O–H groups in total. The van der Waals surface area contributed by atoms with Gasteiger partial charge in [-0.1, -0.05) is 164 Å². The molecule has 11 aromatic rings. The van der Waals surface area contributed by atoms with Gasteiger partial charge in [-0.3, -0.25) is 9.20 Å². The molecule has 0 aliphatic rings. The second-order valence-electron chi connectivity index (χ2n) is 14.4. The van der Waals surface area contributed by atoms with Gasteiger partial charge in [0, 0.05) is 38.4 Å². The van der Waals surface area contributed by atoms with E-state index in [4.69, 9.17) is 0 Å². The summed E-state index contributed by atoms with van der Waals surface area (Å²) in [4.78, 5) is 14.6. The van der Waals surface area contributed by atoms with Crippen molar-refractivity contribution >= 4 is 38.0 Å². The Balaban J connectivity index is 1.28. The van der Waals surface area contributed by atoms with Crippen LogP contribution in [0.2, 0.25) is 0 Å². The molecular weight excluding hydrogens is 681 g/mol. The molecule has 0 atom stereocenters. The Bertz CT molecular complexity index is 3280. The van der Waals surface area contributed by atoms with Crippen molar-refractivity contribution in [2.45, 2.75) is 0 Å². The number of nitrogens with zero attached hydrogens (tertiary/aromatic N) is 2. The maximum absolute atomic E-state index is 14.6. The lowest BCUT2D eigenvalue weighted by Gasteiger charge is -2.13. The van der Waals surface area contributed by atoms with Crippen LogP contribution in [0, 0.1) is 0 Å². The minimum Gasteiger partial charge on any atom is -0.309 e. The highest BCUT2D eigenvalue weighted by Crippen LogP contribution is 2.47. The van der Waals surface area contributed by atoms with Gasteiger partial charge in [0.2, 0.25) is 0 Å². The molecule has 0 aliphatic heterocycles. The van der Waals surface area contributed by atoms with Crippen LogP contribution in [0.1, 0.15) is 0 Å². The SMILES string of the molecule is O=c1c2ccccc2c2cc(-c3ccc4c(c3)c(-c3ccccc3)c(-c3ccccc3)n4-c3ccccc3)cc3c(-c4ccccc4)c(-c4ccccc4)n1c32. The standard InChI is InChI=1S/C53H34N2O/c56-53-43-29-17-16-28-42(43)44-33-40(34-46-49(36-20-8-2-9-21-36)51(55(53)52(44)46)38-24-12-4-13-25-38)39-30-31-47-45(32-39)48(35-18-6-1-7-19-35)50(37-22-10-3-11-23-37)54(47)41-26-14-5-15-27-41/h1-34H. The van der Waals surface area contributed by atoms with Gasteiger partial charge >= 0.3 is 0 Å². The highest BCUT2D eigenvalue weighted by molar-refractivity contribution is 6.20. The van der Waals surface area contributed by atoms with E-state index in [9.17, 15) is 4.79 Å². The third-order valence-corrected chi connectivity index (χ3v) is 11.2. The van der Waals surface area contributed by atoms with Gasteiger partial charge in [0.25, 0.3) is 5.56 Å². The summed E-state index contributed by atoms with van der Waals surface area (Å²) in [6, 6.07) is 72.6. The van der Waals surface area contributed by atoms with Gasteiger partial charge in [0.15, 0.2) is 0 Å². The number of hydrogen-bond donors (Lipinski definition) is 0. The van der Waals surface area contributed by atoms with Gasteiger partial charge in [-0.05, 0) is 81.2 Å². The Morgan fingerprint density at radius 2 is 0.786 bits per heavy atom. The molecule has 0 saturated carbocycles. The van der Waals surface area contributed by atoms with Crippen LogP contribution in [0.4, 0.5) is 0 Å². The average Bonchev–Trinajstić information content (AvgIpc) is 3.81. The number of rotatable bonds is 6. The third-order valence-electron chi connectivity index (χ3n) is 11.2. The number of benzene rings is 8. The molecule has 3 aromatic heterocycles. The molecular formula is C53H34N2O. The van der Waals surface area contributed by atoms with E-state index in [2.05, 4.69) is 168 Å². The number of hydrogen-bond acceptors (Lipinski definition) is 1. The van der Waals surface area contributed by atoms with Crippen molar-refractivity contribution in [2.75, 3.05) is 0 Å². The van der Waals surface area contributed by atoms with E-state index in [-0.39, 0.29) is 5.56 Å². The molecule has 0 saturated heterocycles. The lowest BCUT2D eigenvalue weighted by molar-refractivity contribution is 1.13. The minimum absolute atomic E-state index is 0.00324. The predicted molar refractivity (Wildman–Crippen MR) is 234 cm³/mol. The fraction of sp³-hybridized carbons (Fsp3) is 0. The number of para-hydroxylation sites is 1. The molecule has 3 heteroatoms. The second kappa shape index (κ2) is 12.8. The van der Waals surface area contributed by atoms with Crippen molar-refractivity contribution in [3.05, 3.63) is 217 Å². The smallest absolute Gasteiger partial charge is 0.263 e. The van der Waals surface area contributed by atoms with E-state index in [1.807, 2.05) is 46.9 Å². The van der Waals surface area contributed by atoms with E-state index in [1.54, 1.807) is 0 Å². The highest BCUT2D eigenvalue weighted by Gasteiger charge is 2.26. The summed E-state index contributed by atoms with van der Waals surface area (Å²) in [5.74, 6) is 0. The van der Waals surface area contributed by atoms with E-state index in [0.717, 1.165) is 83.2 Å². The Kier molecular flexibility index (Phi) is 7.33. The van der Waals surface area contributed by atoms with E-state index in [1.165, 1.54) is 10.9 Å². The Morgan fingerprint density at radius 3 is 1.39 bits per heavy atom. The van der Waals surface area contributed by atoms with Gasteiger partial charge in [-0.2, -0.15) is 0 Å². The van der Waals surface area contributed by atoms with Gasteiger partial charge in [0.1, 0.15) is 0 Å². The molecule has 0 bridgehead atoms. The monoisotopic (exact) mass is 714 g/mol. The van der Waals surface area contributed by atoms with Crippen molar-refractivity contribution in [1.82, 2.24) is 8.97 Å². The molecule has 8 aromatic carbocycles. The molecule has 262 valence electrons. The summed E-state index contributed by atoms with van der Waals surface area (Å²) in [5, 5.41) is 4.95. The molecule has 3 heterocycles. The van der Waals surface area contributed by atoms with E-state index >= 15 is 0 Å². The number of pyridine rings is 1. The van der Waals surface area contributed by atoms with Crippen molar-refractivity contribution in [3.8, 4) is 61.6 Å². The van der Waals surface area contributed by atoms with Gasteiger partial charge in [-0.25, -0.2) is 0 Å². The quantitative estimate of drug-likeness (QED) is 0.158. The van der Waals surface area contributed by atoms with Gasteiger partial charge in [-0.15, -0.1) is 0 Å². The van der Waals surface area contributed by atoms with E-state index < -0.39 is 0 Å². The molecule has 0 unspecified atom stereocenters. The minimum atomic E-state index is -0.00324. The van der Waals surface area contributed by atoms with Crippen LogP contribution in [0.25, 0.3) is 99.5 Å². The molecule has 0 fully saturated rings. The van der Waals surface area contributed by atoms with Crippen LogP contribution in [0.3, 0.4) is 0 Å². The van der Waals surface area contributed by atoms with Crippen molar-refractivity contribution in [3.63, 3.8) is 0 Å². The van der Waals surface area contributed by atoms with Crippen LogP contribution in [0.5, 0.6) is 0 Å². The van der Waals surface area contributed by atoms with Gasteiger partial charge in [0.05, 0.1) is 22.4 Å². The summed E-state index contributed by atoms with van der Waals surface area (Å²) in [6.07, 6.45) is 0.